The number of ether oxygens (including phenoxy) is 1. The molecule has 1 heterocycles. The summed E-state index contributed by atoms with van der Waals surface area (Å²) in [5, 5.41) is 2.86. The fraction of sp³-hybridized carbons (Fsp3) is 0.118. The molecular weight excluding hydrogens is 330 g/mol. The van der Waals surface area contributed by atoms with Gasteiger partial charge in [-0.25, -0.2) is 0 Å². The zero-order valence-electron chi connectivity index (χ0n) is 11.3. The molecule has 1 amide bonds. The Hall–Kier alpha value is -2.07. The topological polar surface area (TPSA) is 38.3 Å². The monoisotopic (exact) mass is 343 g/mol. The van der Waals surface area contributed by atoms with Crippen LogP contribution in [0.5, 0.6) is 5.75 Å². The molecule has 0 radical (unpaired) electrons. The van der Waals surface area contributed by atoms with Crippen molar-refractivity contribution in [3.05, 3.63) is 64.1 Å². The van der Waals surface area contributed by atoms with Crippen LogP contribution in [0.15, 0.2) is 53.0 Å². The van der Waals surface area contributed by atoms with Crippen molar-refractivity contribution in [1.82, 2.24) is 0 Å². The van der Waals surface area contributed by atoms with Gasteiger partial charge in [-0.05, 0) is 47.5 Å². The maximum absolute atomic E-state index is 11.9. The number of hydrogen-bond donors (Lipinski definition) is 1. The van der Waals surface area contributed by atoms with Crippen LogP contribution in [0, 0.1) is 0 Å². The summed E-state index contributed by atoms with van der Waals surface area (Å²) in [5.41, 5.74) is 2.92. The summed E-state index contributed by atoms with van der Waals surface area (Å²) in [6.45, 7) is 0.718. The number of nitrogens with one attached hydrogen (secondary N) is 1. The van der Waals surface area contributed by atoms with E-state index in [0.717, 1.165) is 40.1 Å². The van der Waals surface area contributed by atoms with E-state index in [1.807, 2.05) is 42.5 Å². The van der Waals surface area contributed by atoms with Gasteiger partial charge in [-0.3, -0.25) is 4.79 Å². The number of benzene rings is 2. The molecular formula is C17H14BrNO2. The predicted octanol–water partition coefficient (Wildman–Crippen LogP) is 4.04. The molecule has 0 bridgehead atoms. The van der Waals surface area contributed by atoms with E-state index in [-0.39, 0.29) is 5.91 Å². The largest absolute Gasteiger partial charge is 0.493 e. The lowest BCUT2D eigenvalue weighted by atomic mass is 10.1. The Morgan fingerprint density at radius 2 is 2.00 bits per heavy atom. The Morgan fingerprint density at radius 1 is 1.19 bits per heavy atom. The average molecular weight is 344 g/mol. The van der Waals surface area contributed by atoms with Crippen molar-refractivity contribution in [2.45, 2.75) is 6.42 Å². The van der Waals surface area contributed by atoms with Crippen LogP contribution in [0.1, 0.15) is 11.1 Å². The molecule has 3 rings (SSSR count). The molecule has 3 nitrogen and oxygen atoms in total. The van der Waals surface area contributed by atoms with Crippen molar-refractivity contribution in [1.29, 1.82) is 0 Å². The predicted molar refractivity (Wildman–Crippen MR) is 87.4 cm³/mol. The zero-order chi connectivity index (χ0) is 14.7. The fourth-order valence-corrected chi connectivity index (χ4v) is 2.46. The van der Waals surface area contributed by atoms with E-state index in [2.05, 4.69) is 21.2 Å². The van der Waals surface area contributed by atoms with Crippen molar-refractivity contribution in [2.75, 3.05) is 11.9 Å². The summed E-state index contributed by atoms with van der Waals surface area (Å²) in [5.74, 6) is 0.773. The minimum Gasteiger partial charge on any atom is -0.493 e. The number of rotatable bonds is 3. The highest BCUT2D eigenvalue weighted by Gasteiger charge is 2.12. The van der Waals surface area contributed by atoms with Crippen LogP contribution in [0.2, 0.25) is 0 Å². The van der Waals surface area contributed by atoms with Gasteiger partial charge in [0, 0.05) is 22.7 Å². The first-order chi connectivity index (χ1) is 10.2. The minimum absolute atomic E-state index is 0.142. The van der Waals surface area contributed by atoms with E-state index >= 15 is 0 Å². The molecule has 0 saturated carbocycles. The van der Waals surface area contributed by atoms with Crippen LogP contribution in [-0.2, 0) is 11.2 Å². The van der Waals surface area contributed by atoms with Gasteiger partial charge in [-0.2, -0.15) is 0 Å². The van der Waals surface area contributed by atoms with Gasteiger partial charge < -0.3 is 10.1 Å². The Labute approximate surface area is 131 Å². The fourth-order valence-electron chi connectivity index (χ4n) is 2.19. The first kappa shape index (κ1) is 13.9. The van der Waals surface area contributed by atoms with Crippen molar-refractivity contribution < 1.29 is 9.53 Å². The lowest BCUT2D eigenvalue weighted by Crippen LogP contribution is -2.07. The highest BCUT2D eigenvalue weighted by molar-refractivity contribution is 9.10. The summed E-state index contributed by atoms with van der Waals surface area (Å²) in [4.78, 5) is 11.9. The Morgan fingerprint density at radius 3 is 2.81 bits per heavy atom. The number of hydrogen-bond acceptors (Lipinski definition) is 2. The first-order valence-electron chi connectivity index (χ1n) is 6.71. The second kappa shape index (κ2) is 6.14. The molecule has 0 aliphatic carbocycles. The number of amides is 1. The Balaban J connectivity index is 1.65. The van der Waals surface area contributed by atoms with E-state index in [9.17, 15) is 4.79 Å². The summed E-state index contributed by atoms with van der Waals surface area (Å²) >= 11 is 3.38. The third-order valence-electron chi connectivity index (χ3n) is 3.25. The second-order valence-electron chi connectivity index (χ2n) is 4.80. The van der Waals surface area contributed by atoms with E-state index in [0.29, 0.717) is 0 Å². The molecule has 0 aromatic heterocycles. The SMILES string of the molecule is O=C(/C=C/c1ccc(Br)cc1)Nc1ccc2c(c1)CCO2. The molecule has 0 atom stereocenters. The maximum atomic E-state index is 11.9. The lowest BCUT2D eigenvalue weighted by Gasteiger charge is -2.04. The Bertz CT molecular complexity index is 692. The standard InChI is InChI=1S/C17H14BrNO2/c18-14-4-1-12(2-5-14)3-8-17(20)19-15-6-7-16-13(11-15)9-10-21-16/h1-8,11H,9-10H2,(H,19,20)/b8-3+. The van der Waals surface area contributed by atoms with Crippen molar-refractivity contribution in [2.24, 2.45) is 0 Å². The zero-order valence-corrected chi connectivity index (χ0v) is 12.9. The quantitative estimate of drug-likeness (QED) is 0.854. The summed E-state index contributed by atoms with van der Waals surface area (Å²) in [7, 11) is 0. The van der Waals surface area contributed by atoms with Crippen LogP contribution in [0.4, 0.5) is 5.69 Å². The average Bonchev–Trinajstić information content (AvgIpc) is 2.94. The van der Waals surface area contributed by atoms with Gasteiger partial charge in [-0.15, -0.1) is 0 Å². The van der Waals surface area contributed by atoms with Gasteiger partial charge in [0.15, 0.2) is 0 Å². The molecule has 2 aromatic rings. The summed E-state index contributed by atoms with van der Waals surface area (Å²) in [6.07, 6.45) is 4.22. The minimum atomic E-state index is -0.142. The molecule has 0 unspecified atom stereocenters. The van der Waals surface area contributed by atoms with Gasteiger partial charge >= 0.3 is 0 Å². The van der Waals surface area contributed by atoms with Gasteiger partial charge in [-0.1, -0.05) is 28.1 Å². The third-order valence-corrected chi connectivity index (χ3v) is 3.78. The van der Waals surface area contributed by atoms with Gasteiger partial charge in [0.1, 0.15) is 5.75 Å². The highest BCUT2D eigenvalue weighted by atomic mass is 79.9. The molecule has 1 N–H and O–H groups in total. The third kappa shape index (κ3) is 3.52. The van der Waals surface area contributed by atoms with Gasteiger partial charge in [0.25, 0.3) is 0 Å². The number of anilines is 1. The van der Waals surface area contributed by atoms with E-state index in [1.165, 1.54) is 6.08 Å². The number of carbonyl (C=O) groups excluding carboxylic acids is 1. The normalized spacial score (nSPS) is 13.0. The molecule has 106 valence electrons. The molecule has 1 aliphatic rings. The number of halogens is 1. The second-order valence-corrected chi connectivity index (χ2v) is 5.71. The molecule has 2 aromatic carbocycles. The van der Waals surface area contributed by atoms with Crippen LogP contribution < -0.4 is 10.1 Å². The Kier molecular flexibility index (Phi) is 4.06. The number of fused-ring (bicyclic) bond motifs is 1. The molecule has 1 aliphatic heterocycles. The molecule has 21 heavy (non-hydrogen) atoms. The molecule has 0 spiro atoms. The van der Waals surface area contributed by atoms with Crippen LogP contribution >= 0.6 is 15.9 Å². The van der Waals surface area contributed by atoms with E-state index in [4.69, 9.17) is 4.74 Å². The van der Waals surface area contributed by atoms with Crippen molar-refractivity contribution in [3.63, 3.8) is 0 Å². The van der Waals surface area contributed by atoms with E-state index in [1.54, 1.807) is 6.08 Å². The highest BCUT2D eigenvalue weighted by Crippen LogP contribution is 2.27. The van der Waals surface area contributed by atoms with Crippen molar-refractivity contribution in [3.8, 4) is 5.75 Å². The smallest absolute Gasteiger partial charge is 0.248 e. The molecule has 0 saturated heterocycles. The first-order valence-corrected chi connectivity index (χ1v) is 7.50. The molecule has 4 heteroatoms. The van der Waals surface area contributed by atoms with Gasteiger partial charge in [0.05, 0.1) is 6.61 Å². The number of carbonyl (C=O) groups is 1. The van der Waals surface area contributed by atoms with E-state index < -0.39 is 0 Å². The summed E-state index contributed by atoms with van der Waals surface area (Å²) < 4.78 is 6.46. The van der Waals surface area contributed by atoms with Crippen molar-refractivity contribution >= 4 is 33.6 Å². The maximum Gasteiger partial charge on any atom is 0.248 e. The lowest BCUT2D eigenvalue weighted by molar-refractivity contribution is -0.111. The molecule has 0 fully saturated rings. The summed E-state index contributed by atoms with van der Waals surface area (Å²) in [6, 6.07) is 13.5. The van der Waals surface area contributed by atoms with Crippen LogP contribution in [-0.4, -0.2) is 12.5 Å². The van der Waals surface area contributed by atoms with Crippen LogP contribution in [0.25, 0.3) is 6.08 Å². The van der Waals surface area contributed by atoms with Crippen LogP contribution in [0.3, 0.4) is 0 Å². The van der Waals surface area contributed by atoms with Gasteiger partial charge in [0.2, 0.25) is 5.91 Å².